The minimum Gasteiger partial charge on any atom is -0.480 e. The van der Waals surface area contributed by atoms with E-state index < -0.39 is 39.9 Å². The van der Waals surface area contributed by atoms with Gasteiger partial charge in [0.05, 0.1) is 4.92 Å². The number of nitro groups is 1. The van der Waals surface area contributed by atoms with E-state index in [9.17, 15) is 28.8 Å². The summed E-state index contributed by atoms with van der Waals surface area (Å²) in [4.78, 5) is 21.7. The third-order valence-electron chi connectivity index (χ3n) is 3.99. The summed E-state index contributed by atoms with van der Waals surface area (Å²) in [6.45, 7) is 0. The maximum absolute atomic E-state index is 13.3. The van der Waals surface area contributed by atoms with Crippen LogP contribution in [0.4, 0.5) is 14.5 Å². The van der Waals surface area contributed by atoms with Crippen LogP contribution in [0.15, 0.2) is 66.7 Å². The van der Waals surface area contributed by atoms with Gasteiger partial charge in [-0.3, -0.25) is 10.1 Å². The van der Waals surface area contributed by atoms with Crippen molar-refractivity contribution in [1.29, 1.82) is 0 Å². The third-order valence-corrected chi connectivity index (χ3v) is 3.99. The molecule has 0 amide bonds. The van der Waals surface area contributed by atoms with Gasteiger partial charge in [0, 0.05) is 12.1 Å². The quantitative estimate of drug-likeness (QED) is 0.489. The third kappa shape index (κ3) is 4.12. The molecule has 3 rings (SSSR count). The van der Waals surface area contributed by atoms with Crippen LogP contribution >= 0.6 is 0 Å². The number of rotatable bonds is 6. The van der Waals surface area contributed by atoms with E-state index in [-0.39, 0.29) is 5.75 Å². The van der Waals surface area contributed by atoms with E-state index in [1.807, 2.05) is 0 Å². The van der Waals surface area contributed by atoms with Gasteiger partial charge in [0.15, 0.2) is 0 Å². The van der Waals surface area contributed by atoms with Crippen LogP contribution in [0.25, 0.3) is 0 Å². The van der Waals surface area contributed by atoms with Crippen molar-refractivity contribution in [2.75, 3.05) is 0 Å². The summed E-state index contributed by atoms with van der Waals surface area (Å²) < 4.78 is 32.4. The second kappa shape index (κ2) is 7.83. The average Bonchev–Trinajstić information content (AvgIpc) is 2.67. The molecule has 3 aromatic carbocycles. The zero-order valence-electron chi connectivity index (χ0n) is 14.2. The van der Waals surface area contributed by atoms with Gasteiger partial charge in [-0.1, -0.05) is 24.3 Å². The molecule has 0 aliphatic carbocycles. The van der Waals surface area contributed by atoms with Gasteiger partial charge in [-0.15, -0.1) is 0 Å². The summed E-state index contributed by atoms with van der Waals surface area (Å²) in [7, 11) is 0. The van der Waals surface area contributed by atoms with Crippen molar-refractivity contribution in [3.8, 4) is 5.75 Å². The van der Waals surface area contributed by atoms with Gasteiger partial charge in [-0.25, -0.2) is 13.6 Å². The first-order valence-corrected chi connectivity index (χ1v) is 8.04. The van der Waals surface area contributed by atoms with E-state index in [1.54, 1.807) is 0 Å². The fraction of sp³-hybridized carbons (Fsp3) is 0.0500. The SMILES string of the molecule is O=C(O)c1cc([N+](=O)[O-])ccc1OC(c1ccc(F)cc1)c1ccc(F)cc1. The van der Waals surface area contributed by atoms with Crippen LogP contribution in [-0.2, 0) is 0 Å². The van der Waals surface area contributed by atoms with Crippen molar-refractivity contribution >= 4 is 11.7 Å². The van der Waals surface area contributed by atoms with Crippen molar-refractivity contribution in [2.24, 2.45) is 0 Å². The van der Waals surface area contributed by atoms with Crippen molar-refractivity contribution in [1.82, 2.24) is 0 Å². The maximum Gasteiger partial charge on any atom is 0.339 e. The van der Waals surface area contributed by atoms with Gasteiger partial charge < -0.3 is 9.84 Å². The summed E-state index contributed by atoms with van der Waals surface area (Å²) in [6.07, 6.45) is -0.888. The molecule has 0 saturated heterocycles. The first-order chi connectivity index (χ1) is 13.3. The highest BCUT2D eigenvalue weighted by Crippen LogP contribution is 2.32. The van der Waals surface area contributed by atoms with Gasteiger partial charge in [0.25, 0.3) is 5.69 Å². The number of ether oxygens (including phenoxy) is 1. The molecule has 0 spiro atoms. The van der Waals surface area contributed by atoms with Crippen LogP contribution in [0.3, 0.4) is 0 Å². The number of carboxylic acids is 1. The summed E-state index contributed by atoms with van der Waals surface area (Å²) >= 11 is 0. The standard InChI is InChI=1S/C20H13F2NO5/c21-14-5-1-12(2-6-14)19(13-3-7-15(22)8-4-13)28-18-10-9-16(23(26)27)11-17(18)20(24)25/h1-11,19H,(H,24,25). The molecule has 0 radical (unpaired) electrons. The largest absolute Gasteiger partial charge is 0.480 e. The molecule has 0 aliphatic rings. The second-order valence-corrected chi connectivity index (χ2v) is 5.84. The number of nitrogens with zero attached hydrogens (tertiary/aromatic N) is 1. The van der Waals surface area contributed by atoms with Gasteiger partial charge in [-0.2, -0.15) is 0 Å². The zero-order valence-corrected chi connectivity index (χ0v) is 14.2. The molecule has 0 atom stereocenters. The minimum atomic E-state index is -1.41. The molecule has 28 heavy (non-hydrogen) atoms. The highest BCUT2D eigenvalue weighted by molar-refractivity contribution is 5.91. The highest BCUT2D eigenvalue weighted by Gasteiger charge is 2.22. The van der Waals surface area contributed by atoms with Crippen LogP contribution in [0.5, 0.6) is 5.75 Å². The molecule has 0 fully saturated rings. The average molecular weight is 385 g/mol. The normalized spacial score (nSPS) is 10.7. The summed E-state index contributed by atoms with van der Waals surface area (Å²) in [5.74, 6) is -2.46. The van der Waals surface area contributed by atoms with Gasteiger partial charge >= 0.3 is 5.97 Å². The Kier molecular flexibility index (Phi) is 5.30. The number of carboxylic acid groups (broad SMARTS) is 1. The number of hydrogen-bond acceptors (Lipinski definition) is 4. The Morgan fingerprint density at radius 1 is 0.929 bits per heavy atom. The molecular weight excluding hydrogens is 372 g/mol. The smallest absolute Gasteiger partial charge is 0.339 e. The Morgan fingerprint density at radius 2 is 1.43 bits per heavy atom. The monoisotopic (exact) mass is 385 g/mol. The van der Waals surface area contributed by atoms with Gasteiger partial charge in [-0.05, 0) is 41.5 Å². The summed E-state index contributed by atoms with van der Waals surface area (Å²) in [6, 6.07) is 13.9. The Bertz CT molecular complexity index is 974. The molecule has 0 unspecified atom stereocenters. The summed E-state index contributed by atoms with van der Waals surface area (Å²) in [5, 5.41) is 20.3. The molecular formula is C20H13F2NO5. The minimum absolute atomic E-state index is 0.114. The van der Waals surface area contributed by atoms with Crippen molar-refractivity contribution in [2.45, 2.75) is 6.10 Å². The lowest BCUT2D eigenvalue weighted by Gasteiger charge is -2.21. The van der Waals surface area contributed by atoms with E-state index in [0.29, 0.717) is 11.1 Å². The number of carbonyl (C=O) groups is 1. The molecule has 0 bridgehead atoms. The van der Waals surface area contributed by atoms with Crippen LogP contribution in [-0.4, -0.2) is 16.0 Å². The Hall–Kier alpha value is -3.81. The number of nitro benzene ring substituents is 1. The highest BCUT2D eigenvalue weighted by atomic mass is 19.1. The Morgan fingerprint density at radius 3 is 1.86 bits per heavy atom. The van der Waals surface area contributed by atoms with E-state index in [2.05, 4.69) is 0 Å². The number of aromatic carboxylic acids is 1. The Labute approximate surface area is 157 Å². The van der Waals surface area contributed by atoms with Crippen molar-refractivity contribution < 1.29 is 28.3 Å². The second-order valence-electron chi connectivity index (χ2n) is 5.84. The Balaban J connectivity index is 2.07. The molecule has 3 aromatic rings. The fourth-order valence-corrected chi connectivity index (χ4v) is 2.63. The molecule has 8 heteroatoms. The molecule has 0 aliphatic heterocycles. The summed E-state index contributed by atoms with van der Waals surface area (Å²) in [5.41, 5.74) is 0.179. The zero-order chi connectivity index (χ0) is 20.3. The lowest BCUT2D eigenvalue weighted by molar-refractivity contribution is -0.384. The predicted octanol–water partition coefficient (Wildman–Crippen LogP) is 4.74. The molecule has 1 N–H and O–H groups in total. The maximum atomic E-state index is 13.3. The van der Waals surface area contributed by atoms with Gasteiger partial charge in [0.2, 0.25) is 0 Å². The van der Waals surface area contributed by atoms with Crippen LogP contribution < -0.4 is 4.74 Å². The molecule has 0 heterocycles. The molecule has 6 nitrogen and oxygen atoms in total. The lowest BCUT2D eigenvalue weighted by atomic mass is 10.0. The van der Waals surface area contributed by atoms with Crippen molar-refractivity contribution in [3.63, 3.8) is 0 Å². The van der Waals surface area contributed by atoms with Crippen LogP contribution in [0, 0.1) is 21.7 Å². The number of hydrogen-bond donors (Lipinski definition) is 1. The lowest BCUT2D eigenvalue weighted by Crippen LogP contribution is -2.12. The fourth-order valence-electron chi connectivity index (χ4n) is 2.63. The van der Waals surface area contributed by atoms with E-state index >= 15 is 0 Å². The van der Waals surface area contributed by atoms with Crippen molar-refractivity contribution in [3.05, 3.63) is 105 Å². The van der Waals surface area contributed by atoms with Crippen LogP contribution in [0.2, 0.25) is 0 Å². The number of non-ortho nitro benzene ring substituents is 1. The van der Waals surface area contributed by atoms with Crippen LogP contribution in [0.1, 0.15) is 27.6 Å². The molecule has 0 aromatic heterocycles. The van der Waals surface area contributed by atoms with E-state index in [1.165, 1.54) is 54.6 Å². The first-order valence-electron chi connectivity index (χ1n) is 8.04. The number of halogens is 2. The molecule has 142 valence electrons. The van der Waals surface area contributed by atoms with E-state index in [0.717, 1.165) is 12.1 Å². The topological polar surface area (TPSA) is 89.7 Å². The number of benzene rings is 3. The first kappa shape index (κ1) is 19.0. The van der Waals surface area contributed by atoms with E-state index in [4.69, 9.17) is 4.74 Å². The molecule has 0 saturated carbocycles. The predicted molar refractivity (Wildman–Crippen MR) is 95.3 cm³/mol. The van der Waals surface area contributed by atoms with Gasteiger partial charge in [0.1, 0.15) is 29.1 Å².